The minimum absolute atomic E-state index is 0.0502. The Morgan fingerprint density at radius 2 is 2.17 bits per heavy atom. The average Bonchev–Trinajstić information content (AvgIpc) is 2.73. The fourth-order valence-electron chi connectivity index (χ4n) is 3.49. The van der Waals surface area contributed by atoms with E-state index in [1.54, 1.807) is 25.4 Å². The van der Waals surface area contributed by atoms with Crippen LogP contribution in [0.25, 0.3) is 0 Å². The van der Waals surface area contributed by atoms with E-state index in [0.29, 0.717) is 12.2 Å². The second-order valence-corrected chi connectivity index (χ2v) is 9.30. The van der Waals surface area contributed by atoms with Gasteiger partial charge in [-0.05, 0) is 31.0 Å². The lowest BCUT2D eigenvalue weighted by atomic mass is 10.1. The number of pyridine rings is 1. The van der Waals surface area contributed by atoms with Crippen LogP contribution in [-0.2, 0) is 15.6 Å². The highest BCUT2D eigenvalue weighted by molar-refractivity contribution is 7.90. The number of hydrogen-bond donors (Lipinski definition) is 0. The molecule has 154 valence electrons. The van der Waals surface area contributed by atoms with Gasteiger partial charge in [-0.1, -0.05) is 6.92 Å². The maximum atomic E-state index is 12.2. The molecule has 3 heterocycles. The predicted octanol–water partition coefficient (Wildman–Crippen LogP) is 3.20. The number of nitriles is 1. The van der Waals surface area contributed by atoms with Gasteiger partial charge in [-0.3, -0.25) is 9.98 Å². The van der Waals surface area contributed by atoms with Crippen molar-refractivity contribution >= 4 is 27.7 Å². The number of fused-ring (bicyclic) bond motifs is 3. The highest BCUT2D eigenvalue weighted by atomic mass is 32.2. The molecule has 0 saturated carbocycles. The third kappa shape index (κ3) is 4.04. The molecule has 2 aliphatic rings. The van der Waals surface area contributed by atoms with E-state index in [2.05, 4.69) is 15.0 Å². The number of aromatic nitrogens is 1. The van der Waals surface area contributed by atoms with Crippen molar-refractivity contribution in [1.29, 1.82) is 5.26 Å². The molecular formula is C21H21N5O3S. The molecule has 0 saturated heterocycles. The molecule has 0 unspecified atom stereocenters. The van der Waals surface area contributed by atoms with Crippen LogP contribution in [0.1, 0.15) is 36.6 Å². The van der Waals surface area contributed by atoms with Crippen LogP contribution in [0.15, 0.2) is 40.4 Å². The summed E-state index contributed by atoms with van der Waals surface area (Å²) in [6, 6.07) is 9.07. The Hall–Kier alpha value is -3.25. The van der Waals surface area contributed by atoms with Crippen LogP contribution in [0.3, 0.4) is 0 Å². The topological polar surface area (TPSA) is 108 Å². The number of amidine groups is 1. The number of sulfone groups is 1. The fraction of sp³-hybridized carbons (Fsp3) is 0.333. The van der Waals surface area contributed by atoms with Gasteiger partial charge in [0.25, 0.3) is 0 Å². The normalized spacial score (nSPS) is 15.1. The quantitative estimate of drug-likeness (QED) is 0.706. The lowest BCUT2D eigenvalue weighted by Crippen LogP contribution is -2.36. The summed E-state index contributed by atoms with van der Waals surface area (Å²) in [6.07, 6.45) is 4.75. The minimum atomic E-state index is -3.34. The first-order valence-electron chi connectivity index (χ1n) is 9.76. The molecule has 0 bridgehead atoms. The van der Waals surface area contributed by atoms with Gasteiger partial charge in [0.1, 0.15) is 29.0 Å². The first-order chi connectivity index (χ1) is 14.5. The smallest absolute Gasteiger partial charge is 0.156 e. The second kappa shape index (κ2) is 8.24. The van der Waals surface area contributed by atoms with Crippen molar-refractivity contribution in [2.75, 3.05) is 18.8 Å². The van der Waals surface area contributed by atoms with E-state index in [1.807, 2.05) is 23.1 Å². The molecule has 4 rings (SSSR count). The van der Waals surface area contributed by atoms with Crippen molar-refractivity contribution in [2.24, 2.45) is 9.98 Å². The zero-order valence-corrected chi connectivity index (χ0v) is 17.4. The molecule has 0 amide bonds. The van der Waals surface area contributed by atoms with Crippen molar-refractivity contribution in [3.05, 3.63) is 47.3 Å². The summed E-state index contributed by atoms with van der Waals surface area (Å²) in [7, 11) is -3.34. The van der Waals surface area contributed by atoms with Gasteiger partial charge in [0.05, 0.1) is 29.2 Å². The maximum Gasteiger partial charge on any atom is 0.156 e. The third-order valence-electron chi connectivity index (χ3n) is 4.84. The molecule has 0 spiro atoms. The monoisotopic (exact) mass is 423 g/mol. The third-order valence-corrected chi connectivity index (χ3v) is 6.58. The summed E-state index contributed by atoms with van der Waals surface area (Å²) in [5, 5.41) is 9.64. The minimum Gasteiger partial charge on any atom is -0.456 e. The summed E-state index contributed by atoms with van der Waals surface area (Å²) >= 11 is 0. The first kappa shape index (κ1) is 20.0. The first-order valence-corrected chi connectivity index (χ1v) is 11.6. The number of benzene rings is 1. The molecule has 2 aromatic rings. The number of nitrogens with zero attached hydrogens (tertiary/aromatic N) is 5. The Morgan fingerprint density at radius 3 is 2.97 bits per heavy atom. The highest BCUT2D eigenvalue weighted by Gasteiger charge is 2.23. The number of hydrogen-bond acceptors (Lipinski definition) is 8. The molecular weight excluding hydrogens is 402 g/mol. The van der Waals surface area contributed by atoms with Crippen molar-refractivity contribution in [2.45, 2.75) is 25.5 Å². The van der Waals surface area contributed by atoms with E-state index >= 15 is 0 Å². The van der Waals surface area contributed by atoms with Gasteiger partial charge < -0.3 is 9.64 Å². The lowest BCUT2D eigenvalue weighted by molar-refractivity contribution is 0.479. The fourth-order valence-corrected chi connectivity index (χ4v) is 4.90. The molecule has 0 atom stereocenters. The van der Waals surface area contributed by atoms with E-state index in [0.717, 1.165) is 36.6 Å². The molecule has 0 radical (unpaired) electrons. The standard InChI is InChI=1S/C21H21N5O3S/c1-2-10-30(27,28)13-19-17(12-22)20(6-8-23-19)29-15-4-5-18-16(11-15)21-24-7-3-9-26(21)14-25-18/h4-6,8,11,14H,2-3,7,9-10,13H2,1H3. The Labute approximate surface area is 175 Å². The predicted molar refractivity (Wildman–Crippen MR) is 114 cm³/mol. The van der Waals surface area contributed by atoms with Gasteiger partial charge in [0, 0.05) is 30.9 Å². The highest BCUT2D eigenvalue weighted by Crippen LogP contribution is 2.33. The Morgan fingerprint density at radius 1 is 1.30 bits per heavy atom. The summed E-state index contributed by atoms with van der Waals surface area (Å²) in [4.78, 5) is 15.2. The van der Waals surface area contributed by atoms with Crippen molar-refractivity contribution in [1.82, 2.24) is 9.88 Å². The van der Waals surface area contributed by atoms with Gasteiger partial charge in [-0.15, -0.1) is 0 Å². The molecule has 9 heteroatoms. The number of rotatable bonds is 6. The van der Waals surface area contributed by atoms with Gasteiger partial charge in [0.2, 0.25) is 0 Å². The van der Waals surface area contributed by atoms with Gasteiger partial charge in [0.15, 0.2) is 9.84 Å². The Bertz CT molecular complexity index is 1180. The molecule has 0 N–H and O–H groups in total. The molecule has 30 heavy (non-hydrogen) atoms. The van der Waals surface area contributed by atoms with Gasteiger partial charge >= 0.3 is 0 Å². The van der Waals surface area contributed by atoms with E-state index in [-0.39, 0.29) is 28.5 Å². The lowest BCUT2D eigenvalue weighted by Gasteiger charge is -2.29. The van der Waals surface area contributed by atoms with Crippen LogP contribution in [-0.4, -0.2) is 49.3 Å². The maximum absolute atomic E-state index is 12.2. The van der Waals surface area contributed by atoms with E-state index < -0.39 is 9.84 Å². The van der Waals surface area contributed by atoms with Crippen LogP contribution < -0.4 is 4.74 Å². The molecule has 0 aliphatic carbocycles. The van der Waals surface area contributed by atoms with Crippen LogP contribution in [0.5, 0.6) is 11.5 Å². The average molecular weight is 423 g/mol. The molecule has 0 fully saturated rings. The van der Waals surface area contributed by atoms with Crippen molar-refractivity contribution < 1.29 is 13.2 Å². The summed E-state index contributed by atoms with van der Waals surface area (Å²) < 4.78 is 30.4. The van der Waals surface area contributed by atoms with E-state index in [4.69, 9.17) is 4.74 Å². The Kier molecular flexibility index (Phi) is 5.50. The summed E-state index contributed by atoms with van der Waals surface area (Å²) in [5.41, 5.74) is 2.01. The zero-order chi connectivity index (χ0) is 21.1. The van der Waals surface area contributed by atoms with Crippen molar-refractivity contribution in [3.63, 3.8) is 0 Å². The molecule has 1 aromatic carbocycles. The zero-order valence-electron chi connectivity index (χ0n) is 16.6. The number of aliphatic imine (C=N–C) groups is 2. The van der Waals surface area contributed by atoms with Gasteiger partial charge in [-0.2, -0.15) is 5.26 Å². The number of ether oxygens (including phenoxy) is 1. The van der Waals surface area contributed by atoms with Crippen LogP contribution in [0.2, 0.25) is 0 Å². The molecule has 8 nitrogen and oxygen atoms in total. The summed E-state index contributed by atoms with van der Waals surface area (Å²) in [5.74, 6) is 1.42. The van der Waals surface area contributed by atoms with Crippen LogP contribution >= 0.6 is 0 Å². The molecule has 2 aliphatic heterocycles. The SMILES string of the molecule is CCCS(=O)(=O)Cc1nccc(Oc2ccc3c(c2)C2=NCCCN2C=N3)c1C#N. The summed E-state index contributed by atoms with van der Waals surface area (Å²) in [6.45, 7) is 3.43. The van der Waals surface area contributed by atoms with Crippen molar-refractivity contribution in [3.8, 4) is 17.6 Å². The van der Waals surface area contributed by atoms with Crippen LogP contribution in [0.4, 0.5) is 5.69 Å². The van der Waals surface area contributed by atoms with E-state index in [9.17, 15) is 13.7 Å². The van der Waals surface area contributed by atoms with E-state index in [1.165, 1.54) is 6.20 Å². The van der Waals surface area contributed by atoms with Crippen LogP contribution in [0, 0.1) is 11.3 Å². The second-order valence-electron chi connectivity index (χ2n) is 7.11. The van der Waals surface area contributed by atoms with Gasteiger partial charge in [-0.25, -0.2) is 13.4 Å². The molecule has 1 aromatic heterocycles. The Balaban J connectivity index is 1.66. The largest absolute Gasteiger partial charge is 0.456 e.